The second-order valence-electron chi connectivity index (χ2n) is 3.68. The van der Waals surface area contributed by atoms with Gasteiger partial charge in [-0.05, 0) is 12.1 Å². The van der Waals surface area contributed by atoms with Gasteiger partial charge in [-0.15, -0.1) is 0 Å². The van der Waals surface area contributed by atoms with Gasteiger partial charge in [-0.2, -0.15) is 0 Å². The predicted octanol–water partition coefficient (Wildman–Crippen LogP) is 0.250. The Labute approximate surface area is 113 Å². The monoisotopic (exact) mass is 283 g/mol. The minimum atomic E-state index is -1.46. The van der Waals surface area contributed by atoms with Gasteiger partial charge in [0.25, 0.3) is 5.69 Å². The van der Waals surface area contributed by atoms with Gasteiger partial charge >= 0.3 is 12.0 Å². The lowest BCUT2D eigenvalue weighted by atomic mass is 10.3. The molecule has 0 aliphatic carbocycles. The van der Waals surface area contributed by atoms with Gasteiger partial charge in [0.05, 0.1) is 18.6 Å². The Kier molecular flexibility index (Phi) is 5.42. The fourth-order valence-electron chi connectivity index (χ4n) is 1.25. The number of aliphatic hydroxyl groups is 1. The molecule has 3 N–H and O–H groups in total. The van der Waals surface area contributed by atoms with E-state index in [0.717, 1.165) is 7.11 Å². The maximum absolute atomic E-state index is 11.4. The zero-order chi connectivity index (χ0) is 15.1. The third-order valence-electron chi connectivity index (χ3n) is 2.27. The topological polar surface area (TPSA) is 131 Å². The number of hydrogen-bond donors (Lipinski definition) is 3. The highest BCUT2D eigenvalue weighted by Crippen LogP contribution is 2.15. The average Bonchev–Trinajstić information content (AvgIpc) is 2.44. The van der Waals surface area contributed by atoms with Crippen LogP contribution in [-0.4, -0.2) is 41.8 Å². The van der Waals surface area contributed by atoms with Crippen LogP contribution in [0.4, 0.5) is 16.2 Å². The Morgan fingerprint density at radius 3 is 2.50 bits per heavy atom. The second kappa shape index (κ2) is 7.04. The first kappa shape index (κ1) is 15.4. The van der Waals surface area contributed by atoms with Crippen molar-refractivity contribution in [3.05, 3.63) is 34.4 Å². The molecule has 1 aromatic carbocycles. The standard InChI is InChI=1S/C11H13N3O6/c1-20-10(16)9(15)6-12-11(17)13-7-2-4-8(5-3-7)14(18)19/h2-5,9,15H,6H2,1H3,(H2,12,13,17)/t9-/m0/s1. The van der Waals surface area contributed by atoms with E-state index in [1.165, 1.54) is 24.3 Å². The number of methoxy groups -OCH3 is 1. The summed E-state index contributed by atoms with van der Waals surface area (Å²) in [6, 6.07) is 4.52. The van der Waals surface area contributed by atoms with Crippen LogP contribution in [-0.2, 0) is 9.53 Å². The number of rotatable bonds is 5. The average molecular weight is 283 g/mol. The SMILES string of the molecule is COC(=O)[C@@H](O)CNC(=O)Nc1ccc([N+](=O)[O-])cc1. The third-order valence-corrected chi connectivity index (χ3v) is 2.27. The molecule has 0 heterocycles. The van der Waals surface area contributed by atoms with Crippen molar-refractivity contribution in [1.82, 2.24) is 5.32 Å². The van der Waals surface area contributed by atoms with Gasteiger partial charge in [0.15, 0.2) is 6.10 Å². The largest absolute Gasteiger partial charge is 0.467 e. The number of amides is 2. The Balaban J connectivity index is 2.46. The third kappa shape index (κ3) is 4.53. The van der Waals surface area contributed by atoms with Crippen LogP contribution >= 0.6 is 0 Å². The lowest BCUT2D eigenvalue weighted by molar-refractivity contribution is -0.384. The summed E-state index contributed by atoms with van der Waals surface area (Å²) in [6.45, 7) is -0.314. The molecule has 0 spiro atoms. The van der Waals surface area contributed by atoms with Gasteiger partial charge in [-0.1, -0.05) is 0 Å². The van der Waals surface area contributed by atoms with Crippen LogP contribution in [0.1, 0.15) is 0 Å². The van der Waals surface area contributed by atoms with Gasteiger partial charge in [-0.25, -0.2) is 9.59 Å². The summed E-state index contributed by atoms with van der Waals surface area (Å²) in [4.78, 5) is 32.2. The van der Waals surface area contributed by atoms with Crippen LogP contribution < -0.4 is 10.6 Å². The molecule has 0 unspecified atom stereocenters. The molecule has 20 heavy (non-hydrogen) atoms. The zero-order valence-electron chi connectivity index (χ0n) is 10.5. The van der Waals surface area contributed by atoms with Gasteiger partial charge in [0.1, 0.15) is 0 Å². The number of hydrogen-bond acceptors (Lipinski definition) is 6. The fraction of sp³-hybridized carbons (Fsp3) is 0.273. The zero-order valence-corrected chi connectivity index (χ0v) is 10.5. The first-order chi connectivity index (χ1) is 9.43. The number of nitro groups is 1. The number of carbonyl (C=O) groups is 2. The molecule has 0 aromatic heterocycles. The summed E-state index contributed by atoms with van der Waals surface area (Å²) in [5.41, 5.74) is 0.234. The lowest BCUT2D eigenvalue weighted by Gasteiger charge is -2.10. The summed E-state index contributed by atoms with van der Waals surface area (Å²) in [6.07, 6.45) is -1.46. The van der Waals surface area contributed by atoms with E-state index in [1.54, 1.807) is 0 Å². The number of non-ortho nitro benzene ring substituents is 1. The van der Waals surface area contributed by atoms with E-state index in [9.17, 15) is 24.8 Å². The van der Waals surface area contributed by atoms with Crippen molar-refractivity contribution in [3.63, 3.8) is 0 Å². The highest BCUT2D eigenvalue weighted by molar-refractivity contribution is 5.89. The molecule has 0 bridgehead atoms. The fourth-order valence-corrected chi connectivity index (χ4v) is 1.25. The number of anilines is 1. The lowest BCUT2D eigenvalue weighted by Crippen LogP contribution is -2.39. The molecule has 108 valence electrons. The van der Waals surface area contributed by atoms with Crippen molar-refractivity contribution < 1.29 is 24.4 Å². The van der Waals surface area contributed by atoms with Crippen molar-refractivity contribution >= 4 is 23.4 Å². The van der Waals surface area contributed by atoms with Crippen LogP contribution in [0, 0.1) is 10.1 Å². The van der Waals surface area contributed by atoms with Crippen molar-refractivity contribution in [2.24, 2.45) is 0 Å². The highest BCUT2D eigenvalue weighted by atomic mass is 16.6. The molecule has 2 amide bonds. The van der Waals surface area contributed by atoms with Crippen LogP contribution in [0.2, 0.25) is 0 Å². The van der Waals surface area contributed by atoms with Crippen LogP contribution in [0.25, 0.3) is 0 Å². The number of nitrogens with zero attached hydrogens (tertiary/aromatic N) is 1. The molecule has 9 nitrogen and oxygen atoms in total. The Morgan fingerprint density at radius 1 is 1.40 bits per heavy atom. The highest BCUT2D eigenvalue weighted by Gasteiger charge is 2.16. The molecule has 0 aliphatic rings. The molecular weight excluding hydrogens is 270 g/mol. The molecule has 0 saturated heterocycles. The number of nitrogens with one attached hydrogen (secondary N) is 2. The number of ether oxygens (including phenoxy) is 1. The van der Waals surface area contributed by atoms with Crippen LogP contribution in [0.15, 0.2) is 24.3 Å². The first-order valence-electron chi connectivity index (χ1n) is 5.49. The number of urea groups is 1. The Morgan fingerprint density at radius 2 is 2.00 bits per heavy atom. The maximum atomic E-state index is 11.4. The van der Waals surface area contributed by atoms with Gasteiger partial charge in [0.2, 0.25) is 0 Å². The van der Waals surface area contributed by atoms with E-state index in [2.05, 4.69) is 15.4 Å². The summed E-state index contributed by atoms with van der Waals surface area (Å²) >= 11 is 0. The smallest absolute Gasteiger partial charge is 0.336 e. The molecule has 1 aromatic rings. The molecule has 1 atom stereocenters. The van der Waals surface area contributed by atoms with Gasteiger partial charge in [-0.3, -0.25) is 10.1 Å². The molecule has 0 saturated carbocycles. The number of benzene rings is 1. The first-order valence-corrected chi connectivity index (χ1v) is 5.49. The number of carbonyl (C=O) groups excluding carboxylic acids is 2. The number of aliphatic hydroxyl groups excluding tert-OH is 1. The summed E-state index contributed by atoms with van der Waals surface area (Å²) in [7, 11) is 1.11. The van der Waals surface area contributed by atoms with Crippen molar-refractivity contribution in [2.75, 3.05) is 19.0 Å². The normalized spacial score (nSPS) is 11.3. The Bertz CT molecular complexity index is 501. The minimum Gasteiger partial charge on any atom is -0.467 e. The van der Waals surface area contributed by atoms with Crippen molar-refractivity contribution in [1.29, 1.82) is 0 Å². The van der Waals surface area contributed by atoms with E-state index in [1.807, 2.05) is 0 Å². The molecule has 0 fully saturated rings. The number of nitro benzene ring substituents is 1. The molecule has 0 radical (unpaired) electrons. The summed E-state index contributed by atoms with van der Waals surface area (Å²) in [5, 5.41) is 24.3. The van der Waals surface area contributed by atoms with Crippen LogP contribution in [0.3, 0.4) is 0 Å². The maximum Gasteiger partial charge on any atom is 0.336 e. The van der Waals surface area contributed by atoms with Crippen molar-refractivity contribution in [3.8, 4) is 0 Å². The van der Waals surface area contributed by atoms with E-state index in [-0.39, 0.29) is 12.2 Å². The minimum absolute atomic E-state index is 0.0999. The number of esters is 1. The van der Waals surface area contributed by atoms with Gasteiger partial charge in [0, 0.05) is 17.8 Å². The molecule has 9 heteroatoms. The van der Waals surface area contributed by atoms with Crippen LogP contribution in [0.5, 0.6) is 0 Å². The second-order valence-corrected chi connectivity index (χ2v) is 3.68. The molecular formula is C11H13N3O6. The molecule has 1 rings (SSSR count). The quantitative estimate of drug-likeness (QED) is 0.403. The van der Waals surface area contributed by atoms with E-state index >= 15 is 0 Å². The summed E-state index contributed by atoms with van der Waals surface area (Å²) in [5.74, 6) is -0.861. The predicted molar refractivity (Wildman–Crippen MR) is 68.1 cm³/mol. The van der Waals surface area contributed by atoms with E-state index in [0.29, 0.717) is 5.69 Å². The van der Waals surface area contributed by atoms with E-state index < -0.39 is 23.0 Å². The summed E-state index contributed by atoms with van der Waals surface area (Å²) < 4.78 is 4.27. The Hall–Kier alpha value is -2.68. The van der Waals surface area contributed by atoms with E-state index in [4.69, 9.17) is 0 Å². The van der Waals surface area contributed by atoms with Crippen molar-refractivity contribution in [2.45, 2.75) is 6.10 Å². The molecule has 0 aliphatic heterocycles. The van der Waals surface area contributed by atoms with Gasteiger partial charge < -0.3 is 20.5 Å².